The van der Waals surface area contributed by atoms with Gasteiger partial charge in [0.05, 0.1) is 11.7 Å². The number of amides is 1. The van der Waals surface area contributed by atoms with Crippen LogP contribution in [0.5, 0.6) is 5.75 Å². The third-order valence-corrected chi connectivity index (χ3v) is 4.13. The van der Waals surface area contributed by atoms with Crippen molar-refractivity contribution in [1.29, 1.82) is 0 Å². The SMILES string of the molecule is Cc1nc(C(C)(C)C)[nH]c(=O)c1C(=O)NC(C)c1ccc(OCC(=O)O)cc1. The van der Waals surface area contributed by atoms with E-state index in [0.717, 1.165) is 5.56 Å². The first kappa shape index (κ1) is 21.1. The van der Waals surface area contributed by atoms with Gasteiger partial charge in [-0.15, -0.1) is 0 Å². The maximum Gasteiger partial charge on any atom is 0.341 e. The van der Waals surface area contributed by atoms with Crippen LogP contribution in [0.1, 0.15) is 61.2 Å². The van der Waals surface area contributed by atoms with Crippen LogP contribution in [0.2, 0.25) is 0 Å². The lowest BCUT2D eigenvalue weighted by Gasteiger charge is -2.19. The molecular weight excluding hydrogens is 362 g/mol. The molecule has 0 aliphatic heterocycles. The summed E-state index contributed by atoms with van der Waals surface area (Å²) in [5, 5.41) is 11.4. The molecular formula is C20H25N3O5. The molecule has 0 radical (unpaired) electrons. The molecule has 1 aromatic heterocycles. The Labute approximate surface area is 163 Å². The molecule has 1 atom stereocenters. The zero-order valence-electron chi connectivity index (χ0n) is 16.6. The van der Waals surface area contributed by atoms with E-state index in [9.17, 15) is 14.4 Å². The number of aromatic nitrogens is 2. The molecule has 8 heteroatoms. The van der Waals surface area contributed by atoms with Gasteiger partial charge in [0.25, 0.3) is 11.5 Å². The quantitative estimate of drug-likeness (QED) is 0.699. The number of aromatic amines is 1. The normalized spacial score (nSPS) is 12.3. The van der Waals surface area contributed by atoms with Crippen molar-refractivity contribution in [3.8, 4) is 5.75 Å². The molecule has 1 aromatic carbocycles. The van der Waals surface area contributed by atoms with Gasteiger partial charge >= 0.3 is 5.97 Å². The molecule has 0 saturated heterocycles. The standard InChI is InChI=1S/C20H25N3O5/c1-11(13-6-8-14(9-7-13)28-10-15(24)25)21-17(26)16-12(2)22-19(20(3,4)5)23-18(16)27/h6-9,11H,10H2,1-5H3,(H,21,26)(H,24,25)(H,22,23,27). The van der Waals surface area contributed by atoms with E-state index in [1.165, 1.54) is 0 Å². The van der Waals surface area contributed by atoms with E-state index in [0.29, 0.717) is 17.3 Å². The van der Waals surface area contributed by atoms with Crippen molar-refractivity contribution in [2.45, 2.75) is 46.1 Å². The van der Waals surface area contributed by atoms with Crippen LogP contribution in [0.3, 0.4) is 0 Å². The number of ether oxygens (including phenoxy) is 1. The van der Waals surface area contributed by atoms with E-state index in [1.807, 2.05) is 20.8 Å². The summed E-state index contributed by atoms with van der Waals surface area (Å²) in [6.45, 7) is 8.78. The van der Waals surface area contributed by atoms with Crippen molar-refractivity contribution in [1.82, 2.24) is 15.3 Å². The van der Waals surface area contributed by atoms with Gasteiger partial charge in [0.15, 0.2) is 6.61 Å². The van der Waals surface area contributed by atoms with Gasteiger partial charge in [-0.05, 0) is 31.5 Å². The Morgan fingerprint density at radius 1 is 1.25 bits per heavy atom. The number of carboxylic acids is 1. The summed E-state index contributed by atoms with van der Waals surface area (Å²) >= 11 is 0. The van der Waals surface area contributed by atoms with E-state index in [1.54, 1.807) is 38.1 Å². The molecule has 0 fully saturated rings. The lowest BCUT2D eigenvalue weighted by Crippen LogP contribution is -2.35. The van der Waals surface area contributed by atoms with Gasteiger partial charge in [-0.3, -0.25) is 9.59 Å². The number of nitrogens with one attached hydrogen (secondary N) is 2. The summed E-state index contributed by atoms with van der Waals surface area (Å²) in [5.74, 6) is -0.628. The lowest BCUT2D eigenvalue weighted by atomic mass is 9.95. The second-order valence-electron chi connectivity index (χ2n) is 7.57. The summed E-state index contributed by atoms with van der Waals surface area (Å²) in [4.78, 5) is 42.6. The van der Waals surface area contributed by atoms with Crippen molar-refractivity contribution >= 4 is 11.9 Å². The van der Waals surface area contributed by atoms with Crippen LogP contribution in [0, 0.1) is 6.92 Å². The molecule has 1 amide bonds. The molecule has 0 saturated carbocycles. The number of rotatable bonds is 6. The maximum absolute atomic E-state index is 12.6. The summed E-state index contributed by atoms with van der Waals surface area (Å²) in [6.07, 6.45) is 0. The number of aliphatic carboxylic acids is 1. The summed E-state index contributed by atoms with van der Waals surface area (Å²) < 4.78 is 5.08. The largest absolute Gasteiger partial charge is 0.482 e. The number of nitrogens with zero attached hydrogens (tertiary/aromatic N) is 1. The number of carbonyl (C=O) groups excluding carboxylic acids is 1. The Hall–Kier alpha value is -3.16. The van der Waals surface area contributed by atoms with Crippen molar-refractivity contribution in [3.05, 3.63) is 57.3 Å². The zero-order valence-corrected chi connectivity index (χ0v) is 16.6. The fraction of sp³-hybridized carbons (Fsp3) is 0.400. The Morgan fingerprint density at radius 3 is 2.36 bits per heavy atom. The van der Waals surface area contributed by atoms with E-state index < -0.39 is 24.0 Å². The van der Waals surface area contributed by atoms with E-state index in [2.05, 4.69) is 15.3 Å². The van der Waals surface area contributed by atoms with Gasteiger partial charge in [-0.25, -0.2) is 9.78 Å². The molecule has 0 bridgehead atoms. The van der Waals surface area contributed by atoms with Crippen LogP contribution in [-0.2, 0) is 10.2 Å². The fourth-order valence-corrected chi connectivity index (χ4v) is 2.56. The average Bonchev–Trinajstić information content (AvgIpc) is 2.58. The molecule has 1 heterocycles. The van der Waals surface area contributed by atoms with Crippen LogP contribution in [0.25, 0.3) is 0 Å². The molecule has 150 valence electrons. The molecule has 8 nitrogen and oxygen atoms in total. The van der Waals surface area contributed by atoms with Crippen LogP contribution in [-0.4, -0.2) is 33.6 Å². The van der Waals surface area contributed by atoms with Crippen LogP contribution >= 0.6 is 0 Å². The highest BCUT2D eigenvalue weighted by atomic mass is 16.5. The van der Waals surface area contributed by atoms with Gasteiger partial charge in [0, 0.05) is 5.41 Å². The minimum Gasteiger partial charge on any atom is -0.482 e. The molecule has 1 unspecified atom stereocenters. The molecule has 2 aromatic rings. The molecule has 2 rings (SSSR count). The number of benzene rings is 1. The van der Waals surface area contributed by atoms with E-state index >= 15 is 0 Å². The third kappa shape index (κ3) is 5.18. The number of H-pyrrole nitrogens is 1. The van der Waals surface area contributed by atoms with Gasteiger partial charge in [0.2, 0.25) is 0 Å². The van der Waals surface area contributed by atoms with E-state index in [4.69, 9.17) is 9.84 Å². The molecule has 3 N–H and O–H groups in total. The minimum atomic E-state index is -1.06. The fourth-order valence-electron chi connectivity index (χ4n) is 2.56. The Balaban J connectivity index is 2.14. The Morgan fingerprint density at radius 2 is 1.86 bits per heavy atom. The first-order chi connectivity index (χ1) is 13.0. The highest BCUT2D eigenvalue weighted by molar-refractivity contribution is 5.95. The van der Waals surface area contributed by atoms with Crippen molar-refractivity contribution in [2.24, 2.45) is 0 Å². The maximum atomic E-state index is 12.6. The smallest absolute Gasteiger partial charge is 0.341 e. The summed E-state index contributed by atoms with van der Waals surface area (Å²) in [6, 6.07) is 6.32. The topological polar surface area (TPSA) is 121 Å². The van der Waals surface area contributed by atoms with Crippen molar-refractivity contribution < 1.29 is 19.4 Å². The average molecular weight is 387 g/mol. The first-order valence-corrected chi connectivity index (χ1v) is 8.86. The highest BCUT2D eigenvalue weighted by Gasteiger charge is 2.23. The molecule has 28 heavy (non-hydrogen) atoms. The second-order valence-corrected chi connectivity index (χ2v) is 7.57. The lowest BCUT2D eigenvalue weighted by molar-refractivity contribution is -0.139. The Kier molecular flexibility index (Phi) is 6.23. The molecule has 0 aliphatic rings. The second kappa shape index (κ2) is 8.24. The minimum absolute atomic E-state index is 0.0127. The Bertz CT molecular complexity index is 926. The van der Waals surface area contributed by atoms with E-state index in [-0.39, 0.29) is 17.0 Å². The predicted molar refractivity (Wildman–Crippen MR) is 104 cm³/mol. The number of aryl methyl sites for hydroxylation is 1. The van der Waals surface area contributed by atoms with Crippen molar-refractivity contribution in [2.75, 3.05) is 6.61 Å². The predicted octanol–water partition coefficient (Wildman–Crippen LogP) is 2.33. The van der Waals surface area contributed by atoms with Gasteiger partial charge in [-0.1, -0.05) is 32.9 Å². The third-order valence-electron chi connectivity index (χ3n) is 4.13. The van der Waals surface area contributed by atoms with Crippen LogP contribution < -0.4 is 15.6 Å². The number of hydrogen-bond donors (Lipinski definition) is 3. The molecule has 0 aliphatic carbocycles. The number of carbonyl (C=O) groups is 2. The monoisotopic (exact) mass is 387 g/mol. The van der Waals surface area contributed by atoms with Gasteiger partial charge in [0.1, 0.15) is 17.1 Å². The zero-order chi connectivity index (χ0) is 21.1. The van der Waals surface area contributed by atoms with Crippen molar-refractivity contribution in [3.63, 3.8) is 0 Å². The van der Waals surface area contributed by atoms with Gasteiger partial charge < -0.3 is 20.1 Å². The number of hydrogen-bond acceptors (Lipinski definition) is 5. The highest BCUT2D eigenvalue weighted by Crippen LogP contribution is 2.19. The van der Waals surface area contributed by atoms with Crippen LogP contribution in [0.4, 0.5) is 0 Å². The molecule has 0 spiro atoms. The number of carboxylic acid groups (broad SMARTS) is 1. The first-order valence-electron chi connectivity index (χ1n) is 8.86. The van der Waals surface area contributed by atoms with Gasteiger partial charge in [-0.2, -0.15) is 0 Å². The van der Waals surface area contributed by atoms with Crippen LogP contribution in [0.15, 0.2) is 29.1 Å². The summed E-state index contributed by atoms with van der Waals surface area (Å²) in [7, 11) is 0. The summed E-state index contributed by atoms with van der Waals surface area (Å²) in [5.41, 5.74) is 0.331.